The second-order valence-corrected chi connectivity index (χ2v) is 6.68. The van der Waals surface area contributed by atoms with Gasteiger partial charge >= 0.3 is 0 Å². The molecule has 0 radical (unpaired) electrons. The van der Waals surface area contributed by atoms with Gasteiger partial charge in [-0.25, -0.2) is 0 Å². The molecule has 0 saturated heterocycles. The first-order chi connectivity index (χ1) is 11.7. The van der Waals surface area contributed by atoms with Gasteiger partial charge in [-0.1, -0.05) is 48.0 Å². The SMILES string of the molecule is CN(CC1CCCC(/C=N/c2ccccc2)=C1Cl)c1ccccc1. The summed E-state index contributed by atoms with van der Waals surface area (Å²) in [5.41, 5.74) is 3.38. The Labute approximate surface area is 149 Å². The van der Waals surface area contributed by atoms with Crippen LogP contribution < -0.4 is 4.90 Å². The highest BCUT2D eigenvalue weighted by Crippen LogP contribution is 2.33. The lowest BCUT2D eigenvalue weighted by molar-refractivity contribution is 0.525. The maximum Gasteiger partial charge on any atom is 0.0629 e. The first-order valence-corrected chi connectivity index (χ1v) is 8.85. The van der Waals surface area contributed by atoms with Crippen LogP contribution in [-0.2, 0) is 0 Å². The number of halogens is 1. The van der Waals surface area contributed by atoms with Crippen LogP contribution in [0.2, 0.25) is 0 Å². The fraction of sp³-hybridized carbons (Fsp3) is 0.286. The fourth-order valence-corrected chi connectivity index (χ4v) is 3.45. The molecule has 0 N–H and O–H groups in total. The standard InChI is InChI=1S/C21H23ClN2/c1-24(20-13-6-3-7-14-20)16-18-10-8-9-17(21(18)22)15-23-19-11-4-2-5-12-19/h2-7,11-15,18H,8-10,16H2,1H3/b23-15+. The van der Waals surface area contributed by atoms with E-state index in [9.17, 15) is 0 Å². The topological polar surface area (TPSA) is 15.6 Å². The van der Waals surface area contributed by atoms with E-state index in [1.165, 1.54) is 17.7 Å². The molecule has 0 aliphatic heterocycles. The summed E-state index contributed by atoms with van der Waals surface area (Å²) in [6, 6.07) is 20.5. The molecule has 0 amide bonds. The van der Waals surface area contributed by atoms with E-state index < -0.39 is 0 Å². The van der Waals surface area contributed by atoms with Crippen molar-refractivity contribution < 1.29 is 0 Å². The van der Waals surface area contributed by atoms with Crippen molar-refractivity contribution in [2.24, 2.45) is 10.9 Å². The van der Waals surface area contributed by atoms with E-state index in [-0.39, 0.29) is 0 Å². The third kappa shape index (κ3) is 4.27. The predicted molar refractivity (Wildman–Crippen MR) is 105 cm³/mol. The Hall–Kier alpha value is -2.06. The molecule has 1 aliphatic rings. The lowest BCUT2D eigenvalue weighted by Gasteiger charge is -2.29. The highest BCUT2D eigenvalue weighted by atomic mass is 35.5. The van der Waals surface area contributed by atoms with Crippen molar-refractivity contribution in [1.82, 2.24) is 0 Å². The zero-order chi connectivity index (χ0) is 16.8. The molecule has 2 aromatic carbocycles. The normalized spacial score (nSPS) is 18.2. The number of hydrogen-bond acceptors (Lipinski definition) is 2. The molecule has 0 aromatic heterocycles. The van der Waals surface area contributed by atoms with E-state index in [2.05, 4.69) is 41.2 Å². The van der Waals surface area contributed by atoms with Gasteiger partial charge in [0.2, 0.25) is 0 Å². The van der Waals surface area contributed by atoms with Crippen LogP contribution in [-0.4, -0.2) is 19.8 Å². The number of rotatable bonds is 5. The number of nitrogens with zero attached hydrogens (tertiary/aromatic N) is 2. The van der Waals surface area contributed by atoms with E-state index in [0.717, 1.165) is 30.1 Å². The Morgan fingerprint density at radius 1 is 1.08 bits per heavy atom. The predicted octanol–water partition coefficient (Wildman–Crippen LogP) is 5.82. The van der Waals surface area contributed by atoms with Gasteiger partial charge in [0.25, 0.3) is 0 Å². The maximum absolute atomic E-state index is 6.71. The number of para-hydroxylation sites is 2. The smallest absolute Gasteiger partial charge is 0.0629 e. The molecule has 0 fully saturated rings. The van der Waals surface area contributed by atoms with Crippen LogP contribution in [0, 0.1) is 5.92 Å². The molecule has 124 valence electrons. The minimum Gasteiger partial charge on any atom is -0.374 e. The molecule has 0 saturated carbocycles. The van der Waals surface area contributed by atoms with Crippen molar-refractivity contribution >= 4 is 29.2 Å². The monoisotopic (exact) mass is 338 g/mol. The summed E-state index contributed by atoms with van der Waals surface area (Å²) in [7, 11) is 2.13. The summed E-state index contributed by atoms with van der Waals surface area (Å²) in [6.45, 7) is 0.936. The summed E-state index contributed by atoms with van der Waals surface area (Å²) in [5, 5.41) is 0.976. The molecule has 1 aliphatic carbocycles. The number of allylic oxidation sites excluding steroid dienone is 1. The van der Waals surface area contributed by atoms with Gasteiger partial charge in [-0.15, -0.1) is 0 Å². The third-order valence-electron chi connectivity index (χ3n) is 4.48. The molecule has 2 nitrogen and oxygen atoms in total. The molecule has 24 heavy (non-hydrogen) atoms. The molecule has 0 spiro atoms. The van der Waals surface area contributed by atoms with Crippen LogP contribution >= 0.6 is 11.6 Å². The Bertz CT molecular complexity index is 707. The van der Waals surface area contributed by atoms with Crippen molar-refractivity contribution in [3.8, 4) is 0 Å². The van der Waals surface area contributed by atoms with Gasteiger partial charge in [0.15, 0.2) is 0 Å². The minimum atomic E-state index is 0.378. The van der Waals surface area contributed by atoms with Crippen LogP contribution in [0.5, 0.6) is 0 Å². The first-order valence-electron chi connectivity index (χ1n) is 8.48. The molecular formula is C21H23ClN2. The molecular weight excluding hydrogens is 316 g/mol. The van der Waals surface area contributed by atoms with Crippen LogP contribution in [0.3, 0.4) is 0 Å². The zero-order valence-electron chi connectivity index (χ0n) is 14.0. The first kappa shape index (κ1) is 16.8. The second-order valence-electron chi connectivity index (χ2n) is 6.27. The second kappa shape index (κ2) is 8.16. The average molecular weight is 339 g/mol. The Morgan fingerprint density at radius 2 is 1.75 bits per heavy atom. The highest BCUT2D eigenvalue weighted by Gasteiger charge is 2.22. The van der Waals surface area contributed by atoms with Crippen LogP contribution in [0.25, 0.3) is 0 Å². The molecule has 2 aromatic rings. The average Bonchev–Trinajstić information content (AvgIpc) is 2.64. The van der Waals surface area contributed by atoms with Gasteiger partial charge in [-0.2, -0.15) is 0 Å². The minimum absolute atomic E-state index is 0.378. The summed E-state index contributed by atoms with van der Waals surface area (Å²) < 4.78 is 0. The summed E-state index contributed by atoms with van der Waals surface area (Å²) >= 11 is 6.71. The molecule has 1 unspecified atom stereocenters. The summed E-state index contributed by atoms with van der Waals surface area (Å²) in [6.07, 6.45) is 5.27. The van der Waals surface area contributed by atoms with E-state index in [0.29, 0.717) is 5.92 Å². The maximum atomic E-state index is 6.71. The molecule has 3 rings (SSSR count). The van der Waals surface area contributed by atoms with Gasteiger partial charge < -0.3 is 4.90 Å². The molecule has 0 heterocycles. The van der Waals surface area contributed by atoms with Gasteiger partial charge in [0.05, 0.1) is 5.69 Å². The van der Waals surface area contributed by atoms with Gasteiger partial charge in [-0.05, 0) is 49.1 Å². The number of hydrogen-bond donors (Lipinski definition) is 0. The zero-order valence-corrected chi connectivity index (χ0v) is 14.8. The Balaban J connectivity index is 1.71. The Morgan fingerprint density at radius 3 is 2.46 bits per heavy atom. The van der Waals surface area contributed by atoms with Crippen LogP contribution in [0.1, 0.15) is 19.3 Å². The number of benzene rings is 2. The van der Waals surface area contributed by atoms with Crippen molar-refractivity contribution in [1.29, 1.82) is 0 Å². The quantitative estimate of drug-likeness (QED) is 0.627. The fourth-order valence-electron chi connectivity index (χ4n) is 3.13. The molecule has 1 atom stereocenters. The van der Waals surface area contributed by atoms with E-state index >= 15 is 0 Å². The lowest BCUT2D eigenvalue weighted by atomic mass is 9.90. The van der Waals surface area contributed by atoms with Crippen LogP contribution in [0.15, 0.2) is 76.3 Å². The lowest BCUT2D eigenvalue weighted by Crippen LogP contribution is -2.27. The van der Waals surface area contributed by atoms with E-state index in [4.69, 9.17) is 11.6 Å². The number of aliphatic imine (C=N–C) groups is 1. The van der Waals surface area contributed by atoms with E-state index in [1.807, 2.05) is 42.6 Å². The highest BCUT2D eigenvalue weighted by molar-refractivity contribution is 6.31. The molecule has 3 heteroatoms. The molecule has 0 bridgehead atoms. The van der Waals surface area contributed by atoms with Crippen molar-refractivity contribution in [2.75, 3.05) is 18.5 Å². The van der Waals surface area contributed by atoms with Crippen molar-refractivity contribution in [3.63, 3.8) is 0 Å². The third-order valence-corrected chi connectivity index (χ3v) is 5.03. The Kier molecular flexibility index (Phi) is 5.71. The van der Waals surface area contributed by atoms with Gasteiger partial charge in [-0.3, -0.25) is 4.99 Å². The van der Waals surface area contributed by atoms with Crippen LogP contribution in [0.4, 0.5) is 11.4 Å². The van der Waals surface area contributed by atoms with Gasteiger partial charge in [0, 0.05) is 36.4 Å². The van der Waals surface area contributed by atoms with Crippen molar-refractivity contribution in [3.05, 3.63) is 71.3 Å². The largest absolute Gasteiger partial charge is 0.374 e. The van der Waals surface area contributed by atoms with Crippen molar-refractivity contribution in [2.45, 2.75) is 19.3 Å². The van der Waals surface area contributed by atoms with Gasteiger partial charge in [0.1, 0.15) is 0 Å². The summed E-state index contributed by atoms with van der Waals surface area (Å²) in [4.78, 5) is 6.85. The summed E-state index contributed by atoms with van der Waals surface area (Å²) in [5.74, 6) is 0.378. The number of anilines is 1. The van der Waals surface area contributed by atoms with E-state index in [1.54, 1.807) is 0 Å².